The van der Waals surface area contributed by atoms with Crippen molar-refractivity contribution in [1.29, 1.82) is 0 Å². The lowest BCUT2D eigenvalue weighted by Crippen LogP contribution is -2.44. The van der Waals surface area contributed by atoms with E-state index < -0.39 is 0 Å². The molecule has 1 aromatic carbocycles. The Bertz CT molecular complexity index is 688. The maximum Gasteiger partial charge on any atom is 0.188 e. The minimum Gasteiger partial charge on any atom is -0.379 e. The molecule has 1 aromatic rings. The van der Waals surface area contributed by atoms with Gasteiger partial charge in [-0.3, -0.25) is 14.8 Å². The fraction of sp³-hybridized carbons (Fsp3) is 0.667. The number of nitrogens with two attached hydrogens (primary N) is 1. The quantitative estimate of drug-likeness (QED) is 0.217. The Kier molecular flexibility index (Phi) is 11.8. The first kappa shape index (κ1) is 26.5. The molecular formula is C21H34ClFIN5O2. The average molecular weight is 570 g/mol. The van der Waals surface area contributed by atoms with Crippen LogP contribution in [0.2, 0.25) is 5.02 Å². The third-order valence-corrected chi connectivity index (χ3v) is 5.87. The molecule has 3 N–H and O–H groups in total. The molecule has 0 radical (unpaired) electrons. The highest BCUT2D eigenvalue weighted by Gasteiger charge is 2.29. The van der Waals surface area contributed by atoms with Gasteiger partial charge in [0.1, 0.15) is 5.82 Å². The summed E-state index contributed by atoms with van der Waals surface area (Å²) >= 11 is 6.36. The molecule has 2 aliphatic heterocycles. The summed E-state index contributed by atoms with van der Waals surface area (Å²) in [5.41, 5.74) is 6.56. The number of halogens is 3. The Hall–Kier alpha value is -0.720. The monoisotopic (exact) mass is 569 g/mol. The molecular weight excluding hydrogens is 536 g/mol. The van der Waals surface area contributed by atoms with Crippen molar-refractivity contribution in [2.45, 2.75) is 25.5 Å². The number of benzene rings is 1. The molecule has 0 aliphatic carbocycles. The number of hydrogen-bond acceptors (Lipinski definition) is 5. The van der Waals surface area contributed by atoms with Crippen LogP contribution in [0.4, 0.5) is 4.39 Å². The Morgan fingerprint density at radius 2 is 2.10 bits per heavy atom. The van der Waals surface area contributed by atoms with Crippen molar-refractivity contribution in [1.82, 2.24) is 15.1 Å². The summed E-state index contributed by atoms with van der Waals surface area (Å²) in [4.78, 5) is 9.07. The van der Waals surface area contributed by atoms with Gasteiger partial charge in [0.2, 0.25) is 0 Å². The van der Waals surface area contributed by atoms with E-state index >= 15 is 0 Å². The van der Waals surface area contributed by atoms with Crippen molar-refractivity contribution in [2.24, 2.45) is 10.7 Å². The first-order valence-electron chi connectivity index (χ1n) is 10.7. The highest BCUT2D eigenvalue weighted by atomic mass is 127. The van der Waals surface area contributed by atoms with Gasteiger partial charge in [0.25, 0.3) is 0 Å². The molecule has 2 fully saturated rings. The summed E-state index contributed by atoms with van der Waals surface area (Å²) in [5, 5.41) is 3.58. The molecule has 0 amide bonds. The summed E-state index contributed by atoms with van der Waals surface area (Å²) in [5.74, 6) is 0.0506. The zero-order valence-corrected chi connectivity index (χ0v) is 21.2. The van der Waals surface area contributed by atoms with Crippen LogP contribution >= 0.6 is 35.6 Å². The predicted molar refractivity (Wildman–Crippen MR) is 133 cm³/mol. The molecule has 3 rings (SSSR count). The van der Waals surface area contributed by atoms with Crippen LogP contribution in [0, 0.1) is 5.82 Å². The molecule has 0 saturated carbocycles. The third-order valence-electron chi connectivity index (χ3n) is 5.54. The lowest BCUT2D eigenvalue weighted by atomic mass is 10.0. The second kappa shape index (κ2) is 13.7. The van der Waals surface area contributed by atoms with Crippen LogP contribution in [-0.2, 0) is 9.47 Å². The number of nitrogens with zero attached hydrogens (tertiary/aromatic N) is 3. The van der Waals surface area contributed by atoms with Gasteiger partial charge in [0.15, 0.2) is 5.96 Å². The van der Waals surface area contributed by atoms with Gasteiger partial charge in [0, 0.05) is 43.3 Å². The number of aliphatic imine (C=N–C) groups is 1. The zero-order valence-electron chi connectivity index (χ0n) is 18.1. The highest BCUT2D eigenvalue weighted by molar-refractivity contribution is 14.0. The van der Waals surface area contributed by atoms with E-state index in [2.05, 4.69) is 20.1 Å². The van der Waals surface area contributed by atoms with E-state index in [0.29, 0.717) is 42.8 Å². The molecule has 10 heteroatoms. The molecule has 2 saturated heterocycles. The van der Waals surface area contributed by atoms with Crippen LogP contribution in [0.5, 0.6) is 0 Å². The molecule has 0 aromatic heterocycles. The van der Waals surface area contributed by atoms with Gasteiger partial charge in [-0.2, -0.15) is 0 Å². The molecule has 2 heterocycles. The smallest absolute Gasteiger partial charge is 0.188 e. The van der Waals surface area contributed by atoms with E-state index in [9.17, 15) is 4.39 Å². The molecule has 31 heavy (non-hydrogen) atoms. The molecule has 7 nitrogen and oxygen atoms in total. The number of guanidine groups is 1. The molecule has 2 unspecified atom stereocenters. The standard InChI is InChI=1S/C21H33ClFN5O2.HI/c1-16-15-28(10-13-30-16)19(20-17(22)4-2-5-18(20)23)14-26-21(24)25-6-3-7-27-8-11-29-12-9-27;/h2,4-5,16,19H,3,6-15H2,1H3,(H3,24,25,26);1H. The van der Waals surface area contributed by atoms with Gasteiger partial charge in [-0.05, 0) is 32.0 Å². The van der Waals surface area contributed by atoms with Gasteiger partial charge in [-0.15, -0.1) is 24.0 Å². The van der Waals surface area contributed by atoms with E-state index in [4.69, 9.17) is 26.8 Å². The van der Waals surface area contributed by atoms with Crippen LogP contribution in [0.25, 0.3) is 0 Å². The number of nitrogens with one attached hydrogen (secondary N) is 1. The fourth-order valence-electron chi connectivity index (χ4n) is 3.93. The fourth-order valence-corrected chi connectivity index (χ4v) is 4.22. The summed E-state index contributed by atoms with van der Waals surface area (Å²) in [6.45, 7) is 9.64. The topological polar surface area (TPSA) is 75.4 Å². The van der Waals surface area contributed by atoms with E-state index in [1.54, 1.807) is 12.1 Å². The number of ether oxygens (including phenoxy) is 2. The maximum absolute atomic E-state index is 14.7. The predicted octanol–water partition coefficient (Wildman–Crippen LogP) is 2.49. The van der Waals surface area contributed by atoms with E-state index in [1.807, 2.05) is 6.92 Å². The number of hydrogen-bond donors (Lipinski definition) is 2. The van der Waals surface area contributed by atoms with Crippen LogP contribution < -0.4 is 11.1 Å². The maximum atomic E-state index is 14.7. The van der Waals surface area contributed by atoms with Crippen molar-refractivity contribution < 1.29 is 13.9 Å². The van der Waals surface area contributed by atoms with Gasteiger partial charge >= 0.3 is 0 Å². The Morgan fingerprint density at radius 3 is 2.81 bits per heavy atom. The first-order chi connectivity index (χ1) is 14.5. The second-order valence-electron chi connectivity index (χ2n) is 7.79. The van der Waals surface area contributed by atoms with Crippen molar-refractivity contribution in [3.63, 3.8) is 0 Å². The normalized spacial score (nSPS) is 22.0. The summed E-state index contributed by atoms with van der Waals surface area (Å²) in [6.07, 6.45) is 1.05. The molecule has 176 valence electrons. The lowest BCUT2D eigenvalue weighted by Gasteiger charge is -2.37. The van der Waals surface area contributed by atoms with Crippen molar-refractivity contribution in [3.8, 4) is 0 Å². The van der Waals surface area contributed by atoms with Crippen molar-refractivity contribution >= 4 is 41.5 Å². The van der Waals surface area contributed by atoms with Crippen molar-refractivity contribution in [3.05, 3.63) is 34.6 Å². The second-order valence-corrected chi connectivity index (χ2v) is 8.19. The van der Waals surface area contributed by atoms with E-state index in [1.165, 1.54) is 6.07 Å². The van der Waals surface area contributed by atoms with E-state index in [-0.39, 0.29) is 41.9 Å². The summed E-state index contributed by atoms with van der Waals surface area (Å²) in [7, 11) is 0. The minimum atomic E-state index is -0.320. The van der Waals surface area contributed by atoms with Crippen LogP contribution in [0.3, 0.4) is 0 Å². The molecule has 0 spiro atoms. The van der Waals surface area contributed by atoms with Crippen LogP contribution in [0.15, 0.2) is 23.2 Å². The minimum absolute atomic E-state index is 0. The first-order valence-corrected chi connectivity index (χ1v) is 11.1. The Balaban J connectivity index is 0.00000341. The third kappa shape index (κ3) is 8.29. The van der Waals surface area contributed by atoms with Gasteiger partial charge in [-0.1, -0.05) is 17.7 Å². The lowest BCUT2D eigenvalue weighted by molar-refractivity contribution is -0.0336. The number of morpholine rings is 2. The number of rotatable bonds is 8. The van der Waals surface area contributed by atoms with Crippen LogP contribution in [-0.4, -0.2) is 87.5 Å². The van der Waals surface area contributed by atoms with Gasteiger partial charge in [0.05, 0.1) is 38.5 Å². The SMILES string of the molecule is CC1CN(C(CN=C(N)NCCCN2CCOCC2)c2c(F)cccc2Cl)CCO1.I. The molecule has 2 atom stereocenters. The molecule has 2 aliphatic rings. The van der Waals surface area contributed by atoms with E-state index in [0.717, 1.165) is 45.8 Å². The Morgan fingerprint density at radius 1 is 1.32 bits per heavy atom. The molecule has 0 bridgehead atoms. The highest BCUT2D eigenvalue weighted by Crippen LogP contribution is 2.31. The van der Waals surface area contributed by atoms with Gasteiger partial charge in [-0.25, -0.2) is 4.39 Å². The summed E-state index contributed by atoms with van der Waals surface area (Å²) in [6, 6.07) is 4.48. The summed E-state index contributed by atoms with van der Waals surface area (Å²) < 4.78 is 25.7. The Labute approximate surface area is 206 Å². The zero-order chi connectivity index (χ0) is 21.3. The van der Waals surface area contributed by atoms with Gasteiger partial charge < -0.3 is 20.5 Å². The van der Waals surface area contributed by atoms with Crippen molar-refractivity contribution in [2.75, 3.05) is 65.6 Å². The average Bonchev–Trinajstić information content (AvgIpc) is 2.74. The van der Waals surface area contributed by atoms with Crippen LogP contribution in [0.1, 0.15) is 24.9 Å². The largest absolute Gasteiger partial charge is 0.379 e.